The third-order valence-corrected chi connectivity index (χ3v) is 9.95. The number of benzene rings is 3. The first-order chi connectivity index (χ1) is 23.0. The minimum atomic E-state index is -4.37. The number of ether oxygens (including phenoxy) is 1. The van der Waals surface area contributed by atoms with E-state index in [0.29, 0.717) is 35.4 Å². The molecule has 0 spiro atoms. The van der Waals surface area contributed by atoms with E-state index >= 15 is 0 Å². The minimum absolute atomic E-state index is 0.120. The van der Waals surface area contributed by atoms with Crippen molar-refractivity contribution in [3.63, 3.8) is 0 Å². The van der Waals surface area contributed by atoms with E-state index in [1.54, 1.807) is 47.4 Å². The lowest BCUT2D eigenvalue weighted by Gasteiger charge is -2.48. The topological polar surface area (TPSA) is 226 Å². The first kappa shape index (κ1) is 38.7. The average molecular weight is 717 g/mol. The number of guanidine groups is 1. The van der Waals surface area contributed by atoms with Crippen molar-refractivity contribution in [2.24, 2.45) is 17.4 Å². The molecule has 7 N–H and O–H groups in total. The number of amides is 2. The number of carboxylic acids is 1. The molecule has 1 fully saturated rings. The lowest BCUT2D eigenvalue weighted by Crippen LogP contribution is -2.65. The van der Waals surface area contributed by atoms with Gasteiger partial charge in [-0.15, -0.1) is 0 Å². The van der Waals surface area contributed by atoms with Crippen molar-refractivity contribution in [2.75, 3.05) is 20.2 Å². The number of likely N-dealkylation sites (tertiary alicyclic amines) is 1. The molecule has 14 nitrogen and oxygen atoms in total. The first-order valence-corrected chi connectivity index (χ1v) is 17.1. The first-order valence-electron chi connectivity index (χ1n) is 15.2. The van der Waals surface area contributed by atoms with Crippen LogP contribution in [0.1, 0.15) is 38.7 Å². The van der Waals surface area contributed by atoms with Crippen molar-refractivity contribution in [2.45, 2.75) is 56.1 Å². The minimum Gasteiger partial charge on any atom is -0.481 e. The number of halogens is 1. The smallest absolute Gasteiger partial charge is 0.331 e. The van der Waals surface area contributed by atoms with Crippen LogP contribution < -0.4 is 16.2 Å². The van der Waals surface area contributed by atoms with Gasteiger partial charge < -0.3 is 31.1 Å². The van der Waals surface area contributed by atoms with Gasteiger partial charge in [0.05, 0.1) is 18.4 Å². The van der Waals surface area contributed by atoms with Gasteiger partial charge >= 0.3 is 5.97 Å². The number of nitrogens with zero attached hydrogens (tertiary/aromatic N) is 2. The fraction of sp³-hybridized carbons (Fsp3) is 0.364. The molecular weight excluding hydrogens is 676 g/mol. The number of primary amides is 1. The Morgan fingerprint density at radius 3 is 2.35 bits per heavy atom. The van der Waals surface area contributed by atoms with Crippen molar-refractivity contribution in [3.8, 4) is 0 Å². The monoisotopic (exact) mass is 716 g/mol. The third-order valence-electron chi connectivity index (χ3n) is 8.24. The zero-order chi connectivity index (χ0) is 36.5. The van der Waals surface area contributed by atoms with Gasteiger partial charge in [-0.2, -0.15) is 4.72 Å². The maximum absolute atomic E-state index is 14.6. The van der Waals surface area contributed by atoms with Gasteiger partial charge in [-0.1, -0.05) is 54.1 Å². The Labute approximate surface area is 289 Å². The maximum atomic E-state index is 14.6. The molecule has 3 aromatic carbocycles. The van der Waals surface area contributed by atoms with Gasteiger partial charge in [0.15, 0.2) is 5.96 Å². The molecule has 0 saturated carbocycles. The molecule has 0 aromatic heterocycles. The Morgan fingerprint density at radius 1 is 1.10 bits per heavy atom. The molecule has 264 valence electrons. The van der Waals surface area contributed by atoms with Crippen molar-refractivity contribution >= 4 is 62.1 Å². The lowest BCUT2D eigenvalue weighted by molar-refractivity contribution is -0.168. The van der Waals surface area contributed by atoms with Gasteiger partial charge in [0.25, 0.3) is 5.97 Å². The highest BCUT2D eigenvalue weighted by atomic mass is 35.5. The molecule has 4 rings (SSSR count). The van der Waals surface area contributed by atoms with Crippen LogP contribution in [0.2, 0.25) is 5.02 Å². The second-order valence-electron chi connectivity index (χ2n) is 11.7. The summed E-state index contributed by atoms with van der Waals surface area (Å²) in [5, 5.41) is 17.2. The summed E-state index contributed by atoms with van der Waals surface area (Å²) >= 11 is 6.25. The molecule has 1 unspecified atom stereocenters. The summed E-state index contributed by atoms with van der Waals surface area (Å²) in [5.74, 6) is -4.17. The molecule has 1 aliphatic heterocycles. The summed E-state index contributed by atoms with van der Waals surface area (Å²) in [6, 6.07) is 16.7. The SMILES string of the molecule is CC(=O)O.COC(=O)C(C)([C@H]1CCCN(C(=N)N)C1)N(Cc1cccc(Cl)c1)C(=O)[C@H](CC(N)=O)NS(=O)(=O)c1ccc2ccccc2c1. The molecule has 3 aromatic rings. The molecule has 0 aliphatic carbocycles. The highest BCUT2D eigenvalue weighted by Gasteiger charge is 2.52. The number of methoxy groups -OCH3 is 1. The van der Waals surface area contributed by atoms with Crippen LogP contribution in [0.25, 0.3) is 10.8 Å². The van der Waals surface area contributed by atoms with Crippen LogP contribution in [0.15, 0.2) is 71.6 Å². The van der Waals surface area contributed by atoms with E-state index in [-0.39, 0.29) is 23.9 Å². The van der Waals surface area contributed by atoms with Crippen LogP contribution in [0, 0.1) is 11.3 Å². The second kappa shape index (κ2) is 16.6. The lowest BCUT2D eigenvalue weighted by atomic mass is 9.78. The Hall–Kier alpha value is -4.73. The van der Waals surface area contributed by atoms with Crippen molar-refractivity contribution in [1.29, 1.82) is 5.41 Å². The molecule has 0 bridgehead atoms. The fourth-order valence-electron chi connectivity index (χ4n) is 5.81. The molecule has 2 amide bonds. The largest absolute Gasteiger partial charge is 0.481 e. The molecule has 3 atom stereocenters. The maximum Gasteiger partial charge on any atom is 0.331 e. The standard InChI is InChI=1S/C31H37ClN6O6S.C2H4O2/c1-31(29(41)44-2,23-10-6-14-37(19-23)30(34)35)38(18-20-7-5-11-24(32)15-20)28(40)26(17-27(33)39)36-45(42,43)25-13-12-21-8-3-4-9-22(21)16-25;1-2(3)4/h3-5,7-9,11-13,15-16,23,26,36H,6,10,14,17-19H2,1-2H3,(H2,33,39)(H3,34,35);1H3,(H,3,4)/t23-,26-,31?;/m0./s1. The molecule has 0 radical (unpaired) electrons. The summed E-state index contributed by atoms with van der Waals surface area (Å²) in [7, 11) is -3.17. The van der Waals surface area contributed by atoms with Gasteiger partial charge in [0.1, 0.15) is 11.6 Å². The summed E-state index contributed by atoms with van der Waals surface area (Å²) < 4.78 is 35.0. The number of nitrogens with one attached hydrogen (secondary N) is 2. The van der Waals surface area contributed by atoms with Crippen LogP contribution in [-0.4, -0.2) is 84.8 Å². The van der Waals surface area contributed by atoms with Gasteiger partial charge in [0.2, 0.25) is 21.8 Å². The molecule has 16 heteroatoms. The van der Waals surface area contributed by atoms with Crippen LogP contribution in [0.3, 0.4) is 0 Å². The van der Waals surface area contributed by atoms with E-state index in [4.69, 9.17) is 43.1 Å². The highest BCUT2D eigenvalue weighted by molar-refractivity contribution is 7.89. The van der Waals surface area contributed by atoms with Crippen LogP contribution >= 0.6 is 11.6 Å². The Kier molecular flexibility index (Phi) is 13.1. The number of hydrogen-bond donors (Lipinski definition) is 5. The number of rotatable bonds is 11. The third kappa shape index (κ3) is 9.90. The van der Waals surface area contributed by atoms with Crippen LogP contribution in [0.5, 0.6) is 0 Å². The zero-order valence-corrected chi connectivity index (χ0v) is 29.0. The van der Waals surface area contributed by atoms with Crippen molar-refractivity contribution < 1.29 is 37.4 Å². The van der Waals surface area contributed by atoms with E-state index in [2.05, 4.69) is 4.72 Å². The molecule has 1 saturated heterocycles. The quantitative estimate of drug-likeness (QED) is 0.111. The van der Waals surface area contributed by atoms with Crippen LogP contribution in [0.4, 0.5) is 0 Å². The Morgan fingerprint density at radius 2 is 1.76 bits per heavy atom. The number of carbonyl (C=O) groups is 4. The molecule has 49 heavy (non-hydrogen) atoms. The van der Waals surface area contributed by atoms with Gasteiger partial charge in [-0.3, -0.25) is 19.8 Å². The van der Waals surface area contributed by atoms with E-state index in [1.807, 2.05) is 12.1 Å². The van der Waals surface area contributed by atoms with E-state index in [0.717, 1.165) is 12.3 Å². The fourth-order valence-corrected chi connectivity index (χ4v) is 7.24. The van der Waals surface area contributed by atoms with Crippen molar-refractivity contribution in [1.82, 2.24) is 14.5 Å². The number of nitrogens with two attached hydrogens (primary N) is 2. The number of hydrogen-bond acceptors (Lipinski definition) is 8. The number of carbonyl (C=O) groups excluding carboxylic acids is 3. The van der Waals surface area contributed by atoms with Gasteiger partial charge in [0, 0.05) is 37.5 Å². The van der Waals surface area contributed by atoms with E-state index < -0.39 is 57.7 Å². The number of piperidine rings is 1. The number of esters is 1. The normalized spacial score (nSPS) is 16.3. The van der Waals surface area contributed by atoms with Crippen LogP contribution in [-0.2, 0) is 40.5 Å². The summed E-state index contributed by atoms with van der Waals surface area (Å²) in [4.78, 5) is 52.3. The number of sulfonamides is 1. The zero-order valence-electron chi connectivity index (χ0n) is 27.4. The molecule has 1 heterocycles. The number of carboxylic acid groups (broad SMARTS) is 1. The van der Waals surface area contributed by atoms with Gasteiger partial charge in [-0.25, -0.2) is 13.2 Å². The second-order valence-corrected chi connectivity index (χ2v) is 13.9. The molecule has 1 aliphatic rings. The van der Waals surface area contributed by atoms with E-state index in [9.17, 15) is 22.8 Å². The Balaban J connectivity index is 0.00000154. The van der Waals surface area contributed by atoms with E-state index in [1.165, 1.54) is 31.1 Å². The number of fused-ring (bicyclic) bond motifs is 1. The van der Waals surface area contributed by atoms with Gasteiger partial charge in [-0.05, 0) is 60.4 Å². The predicted octanol–water partition coefficient (Wildman–Crippen LogP) is 2.67. The average Bonchev–Trinajstić information content (AvgIpc) is 3.05. The molecular formula is C33H41ClN6O8S. The predicted molar refractivity (Wildman–Crippen MR) is 184 cm³/mol. The summed E-state index contributed by atoms with van der Waals surface area (Å²) in [6.07, 6.45) is 0.354. The highest BCUT2D eigenvalue weighted by Crippen LogP contribution is 2.36. The Bertz CT molecular complexity index is 1820. The van der Waals surface area contributed by atoms with Crippen molar-refractivity contribution in [3.05, 3.63) is 77.3 Å². The summed E-state index contributed by atoms with van der Waals surface area (Å²) in [6.45, 7) is 3.08. The number of aliphatic carboxylic acids is 1. The summed E-state index contributed by atoms with van der Waals surface area (Å²) in [5.41, 5.74) is 10.2.